The van der Waals surface area contributed by atoms with Crippen molar-refractivity contribution >= 4 is 15.9 Å². The lowest BCUT2D eigenvalue weighted by Crippen LogP contribution is -2.25. The Morgan fingerprint density at radius 2 is 2.21 bits per heavy atom. The van der Waals surface area contributed by atoms with E-state index in [-0.39, 0.29) is 11.9 Å². The van der Waals surface area contributed by atoms with Crippen molar-refractivity contribution < 1.29 is 4.39 Å². The molecular formula is C13H16BrFN4. The summed E-state index contributed by atoms with van der Waals surface area (Å²) in [5.74, 6) is -0.193. The molecule has 2 aromatic rings. The van der Waals surface area contributed by atoms with Crippen LogP contribution in [0.2, 0.25) is 0 Å². The number of nitrogens with one attached hydrogen (secondary N) is 1. The van der Waals surface area contributed by atoms with Crippen LogP contribution in [0.3, 0.4) is 0 Å². The second-order valence-electron chi connectivity index (χ2n) is 4.36. The lowest BCUT2D eigenvalue weighted by molar-refractivity contribution is 0.526. The topological polar surface area (TPSA) is 42.7 Å². The standard InChI is InChI=1S/C13H16BrFN4/c1-4-16-11(12-13(14)17-18-19(12)3)9-7-5-6-8(2)10(9)15/h5-7,11,16H,4H2,1-3H3. The van der Waals surface area contributed by atoms with E-state index in [1.165, 1.54) is 0 Å². The molecule has 1 unspecified atom stereocenters. The summed E-state index contributed by atoms with van der Waals surface area (Å²) >= 11 is 3.37. The molecule has 1 aromatic heterocycles. The zero-order chi connectivity index (χ0) is 14.0. The minimum absolute atomic E-state index is 0.193. The van der Waals surface area contributed by atoms with Crippen molar-refractivity contribution in [2.75, 3.05) is 6.54 Å². The normalized spacial score (nSPS) is 12.7. The molecule has 1 N–H and O–H groups in total. The number of aryl methyl sites for hydroxylation is 2. The summed E-state index contributed by atoms with van der Waals surface area (Å²) in [7, 11) is 1.80. The van der Waals surface area contributed by atoms with Crippen molar-refractivity contribution in [3.8, 4) is 0 Å². The third-order valence-corrected chi connectivity index (χ3v) is 3.61. The Morgan fingerprint density at radius 1 is 1.47 bits per heavy atom. The number of aromatic nitrogens is 3. The molecule has 0 aliphatic carbocycles. The molecule has 0 saturated carbocycles. The van der Waals surface area contributed by atoms with Gasteiger partial charge in [0.2, 0.25) is 0 Å². The van der Waals surface area contributed by atoms with Gasteiger partial charge < -0.3 is 5.32 Å². The number of hydrogen-bond donors (Lipinski definition) is 1. The van der Waals surface area contributed by atoms with E-state index in [1.807, 2.05) is 13.0 Å². The van der Waals surface area contributed by atoms with Gasteiger partial charge in [0.05, 0.1) is 11.7 Å². The number of hydrogen-bond acceptors (Lipinski definition) is 3. The van der Waals surface area contributed by atoms with E-state index in [1.54, 1.807) is 30.8 Å². The van der Waals surface area contributed by atoms with Gasteiger partial charge in [-0.3, -0.25) is 0 Å². The van der Waals surface area contributed by atoms with E-state index in [9.17, 15) is 4.39 Å². The molecule has 0 fully saturated rings. The van der Waals surface area contributed by atoms with Crippen LogP contribution in [-0.4, -0.2) is 21.5 Å². The molecule has 0 saturated heterocycles. The zero-order valence-electron chi connectivity index (χ0n) is 11.1. The number of rotatable bonds is 4. The van der Waals surface area contributed by atoms with Gasteiger partial charge in [0, 0.05) is 12.6 Å². The maximum atomic E-state index is 14.3. The van der Waals surface area contributed by atoms with Crippen LogP contribution in [0.15, 0.2) is 22.8 Å². The molecule has 4 nitrogen and oxygen atoms in total. The van der Waals surface area contributed by atoms with E-state index in [4.69, 9.17) is 0 Å². The molecule has 0 aliphatic rings. The van der Waals surface area contributed by atoms with E-state index in [2.05, 4.69) is 31.6 Å². The van der Waals surface area contributed by atoms with Crippen molar-refractivity contribution in [2.45, 2.75) is 19.9 Å². The fourth-order valence-electron chi connectivity index (χ4n) is 2.10. The minimum atomic E-state index is -0.278. The number of halogens is 2. The van der Waals surface area contributed by atoms with Crippen LogP contribution in [0.25, 0.3) is 0 Å². The second-order valence-corrected chi connectivity index (χ2v) is 5.11. The first kappa shape index (κ1) is 14.1. The van der Waals surface area contributed by atoms with Crippen molar-refractivity contribution in [1.82, 2.24) is 20.3 Å². The summed E-state index contributed by atoms with van der Waals surface area (Å²) in [6.45, 7) is 4.46. The highest BCUT2D eigenvalue weighted by atomic mass is 79.9. The van der Waals surface area contributed by atoms with Crippen molar-refractivity contribution in [3.63, 3.8) is 0 Å². The Kier molecular flexibility index (Phi) is 4.31. The zero-order valence-corrected chi connectivity index (χ0v) is 12.7. The molecule has 19 heavy (non-hydrogen) atoms. The van der Waals surface area contributed by atoms with Crippen molar-refractivity contribution in [2.24, 2.45) is 7.05 Å². The van der Waals surface area contributed by atoms with Gasteiger partial charge in [-0.1, -0.05) is 30.3 Å². The quantitative estimate of drug-likeness (QED) is 0.939. The van der Waals surface area contributed by atoms with E-state index in [0.29, 0.717) is 15.7 Å². The second kappa shape index (κ2) is 5.79. The van der Waals surface area contributed by atoms with Gasteiger partial charge >= 0.3 is 0 Å². The van der Waals surface area contributed by atoms with Gasteiger partial charge in [0.25, 0.3) is 0 Å². The number of nitrogens with zero attached hydrogens (tertiary/aromatic N) is 3. The largest absolute Gasteiger partial charge is 0.305 e. The summed E-state index contributed by atoms with van der Waals surface area (Å²) in [6, 6.07) is 5.13. The summed E-state index contributed by atoms with van der Waals surface area (Å²) in [5, 5.41) is 11.2. The Bertz CT molecular complexity index is 563. The van der Waals surface area contributed by atoms with E-state index < -0.39 is 0 Å². The van der Waals surface area contributed by atoms with Crippen molar-refractivity contribution in [3.05, 3.63) is 45.4 Å². The lowest BCUT2D eigenvalue weighted by atomic mass is 10.0. The summed E-state index contributed by atoms with van der Waals surface area (Å²) in [4.78, 5) is 0. The highest BCUT2D eigenvalue weighted by Crippen LogP contribution is 2.29. The Morgan fingerprint density at radius 3 is 2.79 bits per heavy atom. The Hall–Kier alpha value is -1.27. The molecule has 1 aromatic carbocycles. The van der Waals surface area contributed by atoms with Crippen LogP contribution < -0.4 is 5.32 Å². The average molecular weight is 327 g/mol. The van der Waals surface area contributed by atoms with Gasteiger partial charge in [0.1, 0.15) is 5.82 Å². The van der Waals surface area contributed by atoms with Crippen molar-refractivity contribution in [1.29, 1.82) is 0 Å². The molecule has 102 valence electrons. The molecule has 0 aliphatic heterocycles. The first-order valence-electron chi connectivity index (χ1n) is 6.09. The monoisotopic (exact) mass is 326 g/mol. The fourth-order valence-corrected chi connectivity index (χ4v) is 2.65. The van der Waals surface area contributed by atoms with Crippen LogP contribution >= 0.6 is 15.9 Å². The fraction of sp³-hybridized carbons (Fsp3) is 0.385. The number of benzene rings is 1. The van der Waals surface area contributed by atoms with Gasteiger partial charge in [-0.05, 0) is 35.0 Å². The maximum absolute atomic E-state index is 14.3. The van der Waals surface area contributed by atoms with Gasteiger partial charge in [-0.15, -0.1) is 5.10 Å². The summed E-state index contributed by atoms with van der Waals surface area (Å²) in [6.07, 6.45) is 0. The molecule has 0 radical (unpaired) electrons. The predicted octanol–water partition coefficient (Wildman–Crippen LogP) is 2.72. The Balaban J connectivity index is 2.55. The maximum Gasteiger partial charge on any atom is 0.153 e. The molecule has 6 heteroatoms. The molecular weight excluding hydrogens is 311 g/mol. The average Bonchev–Trinajstić information content (AvgIpc) is 2.70. The van der Waals surface area contributed by atoms with E-state index in [0.717, 1.165) is 12.2 Å². The lowest BCUT2D eigenvalue weighted by Gasteiger charge is -2.20. The molecule has 2 rings (SSSR count). The minimum Gasteiger partial charge on any atom is -0.305 e. The molecule has 0 bridgehead atoms. The van der Waals surface area contributed by atoms with Gasteiger partial charge in [-0.2, -0.15) is 0 Å². The smallest absolute Gasteiger partial charge is 0.153 e. The SMILES string of the molecule is CCNC(c1cccc(C)c1F)c1c(Br)nnn1C. The van der Waals surface area contributed by atoms with Crippen LogP contribution in [-0.2, 0) is 7.05 Å². The van der Waals surface area contributed by atoms with Gasteiger partial charge in [-0.25, -0.2) is 9.07 Å². The van der Waals surface area contributed by atoms with Crippen LogP contribution in [0.1, 0.15) is 29.8 Å². The first-order chi connectivity index (χ1) is 9.06. The highest BCUT2D eigenvalue weighted by Gasteiger charge is 2.24. The van der Waals surface area contributed by atoms with Crippen LogP contribution in [0, 0.1) is 12.7 Å². The highest BCUT2D eigenvalue weighted by molar-refractivity contribution is 9.10. The van der Waals surface area contributed by atoms with Crippen LogP contribution in [0.5, 0.6) is 0 Å². The van der Waals surface area contributed by atoms with Gasteiger partial charge in [0.15, 0.2) is 4.60 Å². The molecule has 0 amide bonds. The summed E-state index contributed by atoms with van der Waals surface area (Å²) < 4.78 is 16.6. The predicted molar refractivity (Wildman–Crippen MR) is 75.4 cm³/mol. The third kappa shape index (κ3) is 2.69. The summed E-state index contributed by atoms with van der Waals surface area (Å²) in [5.41, 5.74) is 2.05. The Labute approximate surface area is 120 Å². The molecule has 0 spiro atoms. The molecule has 1 atom stereocenters. The van der Waals surface area contributed by atoms with E-state index >= 15 is 0 Å². The third-order valence-electron chi connectivity index (χ3n) is 3.04. The van der Waals surface area contributed by atoms with Crippen LogP contribution in [0.4, 0.5) is 4.39 Å². The molecule has 1 heterocycles. The first-order valence-corrected chi connectivity index (χ1v) is 6.89.